The topological polar surface area (TPSA) is 53.7 Å². The van der Waals surface area contributed by atoms with Crippen molar-refractivity contribution in [1.29, 1.82) is 0 Å². The van der Waals surface area contributed by atoms with Crippen molar-refractivity contribution in [2.24, 2.45) is 0 Å². The predicted octanol–water partition coefficient (Wildman–Crippen LogP) is 2.23. The molecule has 2 rings (SSSR count). The van der Waals surface area contributed by atoms with Gasteiger partial charge < -0.3 is 19.8 Å². The fourth-order valence-corrected chi connectivity index (χ4v) is 2.17. The third-order valence-corrected chi connectivity index (χ3v) is 4.18. The normalized spacial score (nSPS) is 20.6. The molecular weight excluding hydrogens is 264 g/mol. The summed E-state index contributed by atoms with van der Waals surface area (Å²) < 4.78 is 17.1. The Balaban J connectivity index is 2.39. The van der Waals surface area contributed by atoms with E-state index in [4.69, 9.17) is 31.4 Å². The first-order chi connectivity index (χ1) is 8.68. The predicted molar refractivity (Wildman–Crippen MR) is 78.1 cm³/mol. The molecule has 1 aromatic rings. The molecule has 104 valence electrons. The summed E-state index contributed by atoms with van der Waals surface area (Å²) >= 11 is 6.23. The molecule has 0 bridgehead atoms. The molecule has 0 spiro atoms. The minimum Gasteiger partial charge on any atom is -0.495 e. The van der Waals surface area contributed by atoms with Crippen molar-refractivity contribution in [2.45, 2.75) is 38.9 Å². The van der Waals surface area contributed by atoms with Crippen LogP contribution in [0, 0.1) is 0 Å². The first kappa shape index (κ1) is 14.5. The van der Waals surface area contributed by atoms with Crippen molar-refractivity contribution in [2.75, 3.05) is 12.8 Å². The number of benzene rings is 1. The van der Waals surface area contributed by atoms with Crippen molar-refractivity contribution >= 4 is 29.9 Å². The zero-order valence-corrected chi connectivity index (χ0v) is 12.7. The van der Waals surface area contributed by atoms with E-state index < -0.39 is 18.3 Å². The Hall–Kier alpha value is -0.905. The van der Waals surface area contributed by atoms with E-state index >= 15 is 0 Å². The van der Waals surface area contributed by atoms with Crippen LogP contribution in [0.5, 0.6) is 5.75 Å². The molecule has 1 heterocycles. The highest BCUT2D eigenvalue weighted by atomic mass is 35.5. The fraction of sp³-hybridized carbons (Fsp3) is 0.538. The van der Waals surface area contributed by atoms with Crippen molar-refractivity contribution in [1.82, 2.24) is 0 Å². The van der Waals surface area contributed by atoms with Crippen LogP contribution in [0.2, 0.25) is 5.02 Å². The minimum absolute atomic E-state index is 0.407. The second kappa shape index (κ2) is 4.58. The van der Waals surface area contributed by atoms with E-state index in [0.29, 0.717) is 16.5 Å². The smallest absolute Gasteiger partial charge is 0.495 e. The summed E-state index contributed by atoms with van der Waals surface area (Å²) in [5.74, 6) is 0.564. The number of anilines is 1. The summed E-state index contributed by atoms with van der Waals surface area (Å²) in [6, 6.07) is 3.42. The lowest BCUT2D eigenvalue weighted by Crippen LogP contribution is -2.41. The van der Waals surface area contributed by atoms with E-state index in [9.17, 15) is 0 Å². The molecule has 1 fully saturated rings. The zero-order chi connectivity index (χ0) is 14.4. The van der Waals surface area contributed by atoms with Crippen molar-refractivity contribution in [3.63, 3.8) is 0 Å². The lowest BCUT2D eigenvalue weighted by atomic mass is 9.79. The van der Waals surface area contributed by atoms with E-state index in [-0.39, 0.29) is 0 Å². The molecule has 1 aliphatic rings. The SMILES string of the molecule is COc1cc(B2OC(C)(C)C(C)(C)O2)c(Cl)cc1N. The number of hydrogen-bond donors (Lipinski definition) is 1. The summed E-state index contributed by atoms with van der Waals surface area (Å²) in [5, 5.41) is 0.511. The van der Waals surface area contributed by atoms with Gasteiger partial charge in [-0.15, -0.1) is 0 Å². The Labute approximate surface area is 119 Å². The molecule has 0 saturated carbocycles. The van der Waals surface area contributed by atoms with Crippen LogP contribution in [0.4, 0.5) is 5.69 Å². The van der Waals surface area contributed by atoms with Crippen LogP contribution in [-0.2, 0) is 9.31 Å². The van der Waals surface area contributed by atoms with Gasteiger partial charge in [0, 0.05) is 10.5 Å². The maximum Gasteiger partial charge on any atom is 0.496 e. The molecule has 0 atom stereocenters. The highest BCUT2D eigenvalue weighted by Gasteiger charge is 2.52. The van der Waals surface area contributed by atoms with E-state index in [0.717, 1.165) is 5.46 Å². The van der Waals surface area contributed by atoms with Gasteiger partial charge in [0.05, 0.1) is 24.0 Å². The Morgan fingerprint density at radius 3 is 2.16 bits per heavy atom. The van der Waals surface area contributed by atoms with Gasteiger partial charge in [-0.05, 0) is 39.8 Å². The lowest BCUT2D eigenvalue weighted by Gasteiger charge is -2.32. The van der Waals surface area contributed by atoms with Crippen LogP contribution < -0.4 is 15.9 Å². The molecule has 0 unspecified atom stereocenters. The quantitative estimate of drug-likeness (QED) is 0.668. The summed E-state index contributed by atoms with van der Waals surface area (Å²) in [6.07, 6.45) is 0. The monoisotopic (exact) mass is 283 g/mol. The first-order valence-corrected chi connectivity index (χ1v) is 6.54. The number of nitrogens with two attached hydrogens (primary N) is 1. The van der Waals surface area contributed by atoms with E-state index in [1.54, 1.807) is 19.2 Å². The van der Waals surface area contributed by atoms with Crippen molar-refractivity contribution < 1.29 is 14.0 Å². The number of nitrogen functional groups attached to an aromatic ring is 1. The van der Waals surface area contributed by atoms with Gasteiger partial charge in [0.25, 0.3) is 0 Å². The second-order valence-electron chi connectivity index (χ2n) is 5.70. The second-order valence-corrected chi connectivity index (χ2v) is 6.11. The zero-order valence-electron chi connectivity index (χ0n) is 11.9. The minimum atomic E-state index is -0.521. The maximum atomic E-state index is 6.23. The molecule has 0 aliphatic carbocycles. The number of methoxy groups -OCH3 is 1. The third-order valence-electron chi connectivity index (χ3n) is 3.86. The van der Waals surface area contributed by atoms with E-state index in [1.807, 2.05) is 27.7 Å². The van der Waals surface area contributed by atoms with Gasteiger partial charge in [0.2, 0.25) is 0 Å². The van der Waals surface area contributed by atoms with E-state index in [1.165, 1.54) is 0 Å². The van der Waals surface area contributed by atoms with Crippen molar-refractivity contribution in [3.05, 3.63) is 17.2 Å². The van der Waals surface area contributed by atoms with Gasteiger partial charge in [-0.25, -0.2) is 0 Å². The van der Waals surface area contributed by atoms with Gasteiger partial charge in [0.15, 0.2) is 0 Å². The molecule has 6 heteroatoms. The largest absolute Gasteiger partial charge is 0.496 e. The third kappa shape index (κ3) is 2.42. The molecule has 0 amide bonds. The van der Waals surface area contributed by atoms with Crippen LogP contribution in [0.25, 0.3) is 0 Å². The van der Waals surface area contributed by atoms with Crippen LogP contribution in [-0.4, -0.2) is 25.4 Å². The number of ether oxygens (including phenoxy) is 1. The molecule has 0 radical (unpaired) electrons. The summed E-state index contributed by atoms with van der Waals surface area (Å²) in [4.78, 5) is 0. The Morgan fingerprint density at radius 2 is 1.68 bits per heavy atom. The summed E-state index contributed by atoms with van der Waals surface area (Å²) in [5.41, 5.74) is 6.22. The van der Waals surface area contributed by atoms with Gasteiger partial charge in [-0.2, -0.15) is 0 Å². The van der Waals surface area contributed by atoms with Gasteiger partial charge in [-0.3, -0.25) is 0 Å². The molecule has 1 aliphatic heterocycles. The Bertz CT molecular complexity index is 489. The van der Waals surface area contributed by atoms with Crippen LogP contribution >= 0.6 is 11.6 Å². The highest BCUT2D eigenvalue weighted by molar-refractivity contribution is 6.65. The van der Waals surface area contributed by atoms with Gasteiger partial charge >= 0.3 is 7.12 Å². The Morgan fingerprint density at radius 1 is 1.16 bits per heavy atom. The van der Waals surface area contributed by atoms with Gasteiger partial charge in [-0.1, -0.05) is 11.6 Å². The molecule has 1 saturated heterocycles. The van der Waals surface area contributed by atoms with Crippen LogP contribution in [0.1, 0.15) is 27.7 Å². The number of rotatable bonds is 2. The van der Waals surface area contributed by atoms with Crippen LogP contribution in [0.15, 0.2) is 12.1 Å². The summed E-state index contributed by atoms with van der Waals surface area (Å²) in [7, 11) is 1.04. The van der Waals surface area contributed by atoms with E-state index in [2.05, 4.69) is 0 Å². The van der Waals surface area contributed by atoms with Crippen LogP contribution in [0.3, 0.4) is 0 Å². The molecule has 1 aromatic carbocycles. The molecular formula is C13H19BClNO3. The first-order valence-electron chi connectivity index (χ1n) is 6.16. The molecule has 0 aromatic heterocycles. The number of halogens is 1. The van der Waals surface area contributed by atoms with Crippen molar-refractivity contribution in [3.8, 4) is 5.75 Å². The Kier molecular flexibility index (Phi) is 3.50. The molecule has 2 N–H and O–H groups in total. The molecule has 4 nitrogen and oxygen atoms in total. The van der Waals surface area contributed by atoms with Gasteiger partial charge in [0.1, 0.15) is 5.75 Å². The average Bonchev–Trinajstić information content (AvgIpc) is 2.48. The fourth-order valence-electron chi connectivity index (χ4n) is 1.91. The number of hydrogen-bond acceptors (Lipinski definition) is 4. The highest BCUT2D eigenvalue weighted by Crippen LogP contribution is 2.37. The average molecular weight is 284 g/mol. The molecule has 19 heavy (non-hydrogen) atoms. The maximum absolute atomic E-state index is 6.23. The lowest BCUT2D eigenvalue weighted by molar-refractivity contribution is 0.00578. The standard InChI is InChI=1S/C13H19BClNO3/c1-12(2)13(3,4)19-14(18-12)8-6-11(17-5)10(16)7-9(8)15/h6-7H,16H2,1-5H3. The summed E-state index contributed by atoms with van der Waals surface area (Å²) in [6.45, 7) is 7.98.